The Bertz CT molecular complexity index is 1060. The van der Waals surface area contributed by atoms with Crippen molar-refractivity contribution in [1.29, 1.82) is 0 Å². The summed E-state index contributed by atoms with van der Waals surface area (Å²) in [4.78, 5) is 18.9. The van der Waals surface area contributed by atoms with Crippen LogP contribution in [-0.2, 0) is 16.1 Å². The zero-order valence-electron chi connectivity index (χ0n) is 15.4. The Hall–Kier alpha value is -2.77. The van der Waals surface area contributed by atoms with Gasteiger partial charge in [-0.25, -0.2) is 4.52 Å². The van der Waals surface area contributed by atoms with Gasteiger partial charge in [-0.3, -0.25) is 15.0 Å². The van der Waals surface area contributed by atoms with Crippen LogP contribution in [0, 0.1) is 5.92 Å². The largest absolute Gasteiger partial charge is 0.373 e. The molecule has 1 N–H and O–H groups in total. The highest BCUT2D eigenvalue weighted by molar-refractivity contribution is 5.92. The van der Waals surface area contributed by atoms with Crippen LogP contribution in [0.4, 0.5) is 5.95 Å². The van der Waals surface area contributed by atoms with Gasteiger partial charge in [0.2, 0.25) is 11.9 Å². The van der Waals surface area contributed by atoms with E-state index in [0.29, 0.717) is 18.1 Å². The molecule has 2 saturated heterocycles. The minimum Gasteiger partial charge on any atom is -0.373 e. The number of hydrogen-bond acceptors (Lipinski definition) is 5. The van der Waals surface area contributed by atoms with Crippen molar-refractivity contribution >= 4 is 17.5 Å². The van der Waals surface area contributed by atoms with E-state index in [2.05, 4.69) is 44.6 Å². The van der Waals surface area contributed by atoms with Gasteiger partial charge in [0.25, 0.3) is 0 Å². The number of anilines is 1. The summed E-state index contributed by atoms with van der Waals surface area (Å²) in [6.45, 7) is 2.88. The van der Waals surface area contributed by atoms with Crippen LogP contribution in [-0.4, -0.2) is 50.7 Å². The molecule has 28 heavy (non-hydrogen) atoms. The number of benzene rings is 1. The van der Waals surface area contributed by atoms with Crippen LogP contribution in [0.25, 0.3) is 16.9 Å². The lowest BCUT2D eigenvalue weighted by Gasteiger charge is -2.55. The maximum Gasteiger partial charge on any atom is 0.249 e. The van der Waals surface area contributed by atoms with Crippen molar-refractivity contribution in [1.82, 2.24) is 19.5 Å². The number of ether oxygens (including phenoxy) is 1. The summed E-state index contributed by atoms with van der Waals surface area (Å²) in [5.41, 5.74) is 4.06. The minimum absolute atomic E-state index is 0.0203. The monoisotopic (exact) mass is 375 g/mol. The fraction of sp³-hybridized carbons (Fsp3) is 0.381. The Labute approximate surface area is 162 Å². The molecule has 2 atom stereocenters. The van der Waals surface area contributed by atoms with Gasteiger partial charge in [0, 0.05) is 24.6 Å². The molecule has 1 aliphatic carbocycles. The summed E-state index contributed by atoms with van der Waals surface area (Å²) in [7, 11) is 0. The molecule has 0 bridgehead atoms. The molecule has 1 unspecified atom stereocenters. The zero-order valence-corrected chi connectivity index (χ0v) is 15.4. The number of likely N-dealkylation sites (tertiary alicyclic amines) is 1. The number of rotatable bonds is 5. The van der Waals surface area contributed by atoms with Crippen LogP contribution in [0.5, 0.6) is 0 Å². The SMILES string of the molecule is O=C(Nc1nc2cccc(-c3ccc(CN4C[C@H]5OCC54)cc3)n2n1)C1CC1. The Morgan fingerprint density at radius 1 is 1.18 bits per heavy atom. The van der Waals surface area contributed by atoms with Gasteiger partial charge in [0.15, 0.2) is 5.65 Å². The molecule has 7 heteroatoms. The number of aromatic nitrogens is 3. The topological polar surface area (TPSA) is 71.8 Å². The molecule has 142 valence electrons. The van der Waals surface area contributed by atoms with E-state index in [9.17, 15) is 4.79 Å². The van der Waals surface area contributed by atoms with Crippen molar-refractivity contribution in [3.8, 4) is 11.3 Å². The molecule has 1 amide bonds. The van der Waals surface area contributed by atoms with E-state index in [0.717, 1.165) is 49.4 Å². The highest BCUT2D eigenvalue weighted by Crippen LogP contribution is 2.32. The van der Waals surface area contributed by atoms with Gasteiger partial charge in [-0.2, -0.15) is 4.98 Å². The van der Waals surface area contributed by atoms with Gasteiger partial charge in [-0.15, -0.1) is 5.10 Å². The Morgan fingerprint density at radius 3 is 2.71 bits per heavy atom. The number of morpholine rings is 1. The van der Waals surface area contributed by atoms with Crippen molar-refractivity contribution in [2.45, 2.75) is 31.5 Å². The van der Waals surface area contributed by atoms with Crippen molar-refractivity contribution < 1.29 is 9.53 Å². The third kappa shape index (κ3) is 2.70. The summed E-state index contributed by atoms with van der Waals surface area (Å²) >= 11 is 0. The molecular weight excluding hydrogens is 354 g/mol. The number of nitrogens with zero attached hydrogens (tertiary/aromatic N) is 4. The van der Waals surface area contributed by atoms with E-state index < -0.39 is 0 Å². The lowest BCUT2D eigenvalue weighted by atomic mass is 9.94. The van der Waals surface area contributed by atoms with Crippen molar-refractivity contribution in [2.75, 3.05) is 18.5 Å². The molecule has 3 fully saturated rings. The van der Waals surface area contributed by atoms with Crippen LogP contribution < -0.4 is 5.32 Å². The summed E-state index contributed by atoms with van der Waals surface area (Å²) in [5, 5.41) is 7.34. The van der Waals surface area contributed by atoms with E-state index in [1.165, 1.54) is 5.56 Å². The fourth-order valence-electron chi connectivity index (χ4n) is 3.99. The van der Waals surface area contributed by atoms with Crippen molar-refractivity contribution in [3.05, 3.63) is 48.0 Å². The van der Waals surface area contributed by atoms with Crippen LogP contribution in [0.1, 0.15) is 18.4 Å². The predicted molar refractivity (Wildman–Crippen MR) is 104 cm³/mol. The Morgan fingerprint density at radius 2 is 2.04 bits per heavy atom. The summed E-state index contributed by atoms with van der Waals surface area (Å²) < 4.78 is 7.27. The number of fused-ring (bicyclic) bond motifs is 2. The highest BCUT2D eigenvalue weighted by atomic mass is 16.5. The van der Waals surface area contributed by atoms with E-state index >= 15 is 0 Å². The summed E-state index contributed by atoms with van der Waals surface area (Å²) in [6.07, 6.45) is 2.39. The Kier molecular flexibility index (Phi) is 3.54. The first-order valence-corrected chi connectivity index (χ1v) is 9.86. The maximum absolute atomic E-state index is 12.0. The molecule has 0 spiro atoms. The molecule has 1 saturated carbocycles. The van der Waals surface area contributed by atoms with Gasteiger partial charge in [0.1, 0.15) is 0 Å². The smallest absolute Gasteiger partial charge is 0.249 e. The fourth-order valence-corrected chi connectivity index (χ4v) is 3.99. The Balaban J connectivity index is 1.24. The number of carbonyl (C=O) groups is 1. The number of nitrogens with one attached hydrogen (secondary N) is 1. The lowest BCUT2D eigenvalue weighted by molar-refractivity contribution is -0.217. The van der Waals surface area contributed by atoms with Gasteiger partial charge >= 0.3 is 0 Å². The first-order chi connectivity index (χ1) is 13.7. The third-order valence-electron chi connectivity index (χ3n) is 5.97. The van der Waals surface area contributed by atoms with Gasteiger partial charge in [-0.05, 0) is 30.5 Å². The second-order valence-electron chi connectivity index (χ2n) is 7.95. The van der Waals surface area contributed by atoms with Crippen molar-refractivity contribution in [2.24, 2.45) is 5.92 Å². The summed E-state index contributed by atoms with van der Waals surface area (Å²) in [6, 6.07) is 15.1. The van der Waals surface area contributed by atoms with Gasteiger partial charge < -0.3 is 4.74 Å². The van der Waals surface area contributed by atoms with E-state index in [1.54, 1.807) is 4.52 Å². The average molecular weight is 375 g/mol. The van der Waals surface area contributed by atoms with Crippen molar-refractivity contribution in [3.63, 3.8) is 0 Å². The van der Waals surface area contributed by atoms with E-state index in [-0.39, 0.29) is 11.8 Å². The summed E-state index contributed by atoms with van der Waals surface area (Å²) in [5.74, 6) is 0.523. The van der Waals surface area contributed by atoms with Gasteiger partial charge in [-0.1, -0.05) is 30.3 Å². The lowest BCUT2D eigenvalue weighted by Crippen LogP contribution is -2.69. The van der Waals surface area contributed by atoms with E-state index in [4.69, 9.17) is 4.74 Å². The second-order valence-corrected chi connectivity index (χ2v) is 7.95. The number of hydrogen-bond donors (Lipinski definition) is 1. The molecule has 0 radical (unpaired) electrons. The number of carbonyl (C=O) groups excluding carboxylic acids is 1. The zero-order chi connectivity index (χ0) is 18.7. The first kappa shape index (κ1) is 16.2. The van der Waals surface area contributed by atoms with E-state index in [1.807, 2.05) is 18.2 Å². The van der Waals surface area contributed by atoms with Crippen LogP contribution in [0.2, 0.25) is 0 Å². The molecule has 3 aliphatic rings. The standard InChI is InChI=1S/C21H21N5O2/c27-20(15-8-9-15)23-21-22-19-3-1-2-16(26(19)24-21)14-6-4-13(5-7-14)10-25-11-18-17(25)12-28-18/h1-7,15,17-18H,8-12H2,(H,23,24,27)/t17?,18-/m1/s1. The third-order valence-corrected chi connectivity index (χ3v) is 5.97. The predicted octanol–water partition coefficient (Wildman–Crippen LogP) is 2.33. The number of pyridine rings is 1. The quantitative estimate of drug-likeness (QED) is 0.741. The number of amides is 1. The average Bonchev–Trinajstić information content (AvgIpc) is 3.46. The van der Waals surface area contributed by atoms with Crippen LogP contribution >= 0.6 is 0 Å². The minimum atomic E-state index is 0.0203. The molecule has 4 heterocycles. The molecular formula is C21H21N5O2. The van der Waals surface area contributed by atoms with Crippen LogP contribution in [0.15, 0.2) is 42.5 Å². The molecule has 2 aromatic heterocycles. The maximum atomic E-state index is 12.0. The molecule has 1 aromatic carbocycles. The van der Waals surface area contributed by atoms with Crippen LogP contribution in [0.3, 0.4) is 0 Å². The second kappa shape index (κ2) is 6.12. The molecule has 3 aromatic rings. The normalized spacial score (nSPS) is 23.7. The molecule has 2 aliphatic heterocycles. The highest BCUT2D eigenvalue weighted by Gasteiger charge is 2.46. The molecule has 6 rings (SSSR count). The van der Waals surface area contributed by atoms with Gasteiger partial charge in [0.05, 0.1) is 24.4 Å². The first-order valence-electron chi connectivity index (χ1n) is 9.86. The molecule has 7 nitrogen and oxygen atoms in total.